The van der Waals surface area contributed by atoms with Crippen LogP contribution in [0.5, 0.6) is 5.75 Å². The quantitative estimate of drug-likeness (QED) is 0.847. The molecule has 0 bridgehead atoms. The Bertz CT molecular complexity index is 415. The average Bonchev–Trinajstić information content (AvgIpc) is 2.31. The first kappa shape index (κ1) is 17.3. The number of amides is 1. The Labute approximate surface area is 118 Å². The lowest BCUT2D eigenvalue weighted by atomic mass is 10.3. The van der Waals surface area contributed by atoms with Crippen molar-refractivity contribution in [3.05, 3.63) is 12.3 Å². The van der Waals surface area contributed by atoms with Crippen LogP contribution in [0.15, 0.2) is 12.3 Å². The minimum Gasteiger partial charge on any atom is -0.488 e. The van der Waals surface area contributed by atoms with E-state index in [9.17, 15) is 4.79 Å². The van der Waals surface area contributed by atoms with Crippen LogP contribution < -0.4 is 15.8 Å². The van der Waals surface area contributed by atoms with Crippen molar-refractivity contribution in [1.29, 1.82) is 0 Å². The first-order valence-electron chi connectivity index (χ1n) is 5.41. The first-order valence-corrected chi connectivity index (χ1v) is 5.41. The third-order valence-electron chi connectivity index (χ3n) is 2.11. The van der Waals surface area contributed by atoms with Crippen LogP contribution in [0, 0.1) is 0 Å². The molecule has 7 nitrogen and oxygen atoms in total. The normalized spacial score (nSPS) is 9.68. The Morgan fingerprint density at radius 2 is 2.21 bits per heavy atom. The highest BCUT2D eigenvalue weighted by molar-refractivity contribution is 5.85. The number of nitrogen functional groups attached to an aromatic ring is 1. The lowest BCUT2D eigenvalue weighted by molar-refractivity contribution is 0.187. The predicted octanol–water partition coefficient (Wildman–Crippen LogP) is 1.20. The summed E-state index contributed by atoms with van der Waals surface area (Å²) in [7, 11) is 5.18. The molecule has 0 aliphatic carbocycles. The average molecular weight is 291 g/mol. The van der Waals surface area contributed by atoms with Crippen LogP contribution in [0.4, 0.5) is 16.3 Å². The van der Waals surface area contributed by atoms with Gasteiger partial charge >= 0.3 is 6.09 Å². The second kappa shape index (κ2) is 8.39. The molecule has 3 N–H and O–H groups in total. The van der Waals surface area contributed by atoms with Crippen molar-refractivity contribution in [1.82, 2.24) is 9.88 Å². The standard InChI is InChI=1S/C11H18N4O3.ClH/c1-15(2)4-5-18-9-7-13-10(6-8(9)12)14-11(16)17-3;/h6-7H,4-5H2,1-3H3,(H3,12,13,14,16);1H. The Kier molecular flexibility index (Phi) is 7.62. The Hall–Kier alpha value is -1.73. The van der Waals surface area contributed by atoms with Crippen LogP contribution in [-0.4, -0.2) is 50.3 Å². The largest absolute Gasteiger partial charge is 0.488 e. The summed E-state index contributed by atoms with van der Waals surface area (Å²) in [6.45, 7) is 1.30. The molecule has 0 atom stereocenters. The van der Waals surface area contributed by atoms with Crippen LogP contribution in [0.3, 0.4) is 0 Å². The zero-order valence-corrected chi connectivity index (χ0v) is 12.0. The fourth-order valence-corrected chi connectivity index (χ4v) is 1.14. The maximum absolute atomic E-state index is 11.0. The number of nitrogens with two attached hydrogens (primary N) is 1. The van der Waals surface area contributed by atoms with Crippen molar-refractivity contribution in [2.75, 3.05) is 45.4 Å². The lowest BCUT2D eigenvalue weighted by Gasteiger charge is -2.12. The van der Waals surface area contributed by atoms with Crippen molar-refractivity contribution >= 4 is 30.0 Å². The van der Waals surface area contributed by atoms with Gasteiger partial charge in [0.1, 0.15) is 12.4 Å². The molecule has 1 heterocycles. The van der Waals surface area contributed by atoms with E-state index in [1.54, 1.807) is 0 Å². The molecule has 1 aromatic heterocycles. The number of halogens is 1. The summed E-state index contributed by atoms with van der Waals surface area (Å²) in [5, 5.41) is 2.42. The molecular formula is C11H19ClN4O3. The van der Waals surface area contributed by atoms with Gasteiger partial charge in [0.05, 0.1) is 19.0 Å². The van der Waals surface area contributed by atoms with Gasteiger partial charge in [-0.05, 0) is 14.1 Å². The van der Waals surface area contributed by atoms with Gasteiger partial charge in [-0.1, -0.05) is 0 Å². The van der Waals surface area contributed by atoms with Crippen LogP contribution in [0.1, 0.15) is 0 Å². The molecule has 108 valence electrons. The Morgan fingerprint density at radius 3 is 2.74 bits per heavy atom. The van der Waals surface area contributed by atoms with Crippen LogP contribution >= 0.6 is 12.4 Å². The number of hydrogen-bond acceptors (Lipinski definition) is 6. The number of ether oxygens (including phenoxy) is 2. The first-order chi connectivity index (χ1) is 8.52. The van der Waals surface area contributed by atoms with Gasteiger partial charge in [-0.3, -0.25) is 5.32 Å². The van der Waals surface area contributed by atoms with Crippen LogP contribution in [-0.2, 0) is 4.74 Å². The maximum Gasteiger partial charge on any atom is 0.412 e. The lowest BCUT2D eigenvalue weighted by Crippen LogP contribution is -2.20. The molecule has 0 saturated carbocycles. The van der Waals surface area contributed by atoms with Gasteiger partial charge in [0, 0.05) is 12.6 Å². The highest BCUT2D eigenvalue weighted by Gasteiger charge is 2.06. The van der Waals surface area contributed by atoms with Gasteiger partial charge in [-0.25, -0.2) is 9.78 Å². The summed E-state index contributed by atoms with van der Waals surface area (Å²) in [5.41, 5.74) is 6.20. The maximum atomic E-state index is 11.0. The number of hydrogen-bond donors (Lipinski definition) is 2. The van der Waals surface area contributed by atoms with Crippen LogP contribution in [0.25, 0.3) is 0 Å². The van der Waals surface area contributed by atoms with E-state index in [0.29, 0.717) is 23.9 Å². The summed E-state index contributed by atoms with van der Waals surface area (Å²) in [6.07, 6.45) is 0.874. The molecule has 8 heteroatoms. The molecule has 0 fully saturated rings. The fraction of sp³-hybridized carbons (Fsp3) is 0.455. The number of anilines is 2. The topological polar surface area (TPSA) is 89.7 Å². The Morgan fingerprint density at radius 1 is 1.53 bits per heavy atom. The van der Waals surface area contributed by atoms with Crippen molar-refractivity contribution in [2.24, 2.45) is 0 Å². The van der Waals surface area contributed by atoms with Gasteiger partial charge in [0.15, 0.2) is 5.75 Å². The molecule has 1 aromatic rings. The highest BCUT2D eigenvalue weighted by atomic mass is 35.5. The molecule has 1 rings (SSSR count). The SMILES string of the molecule is COC(=O)Nc1cc(N)c(OCCN(C)C)cn1.Cl. The molecule has 0 radical (unpaired) electrons. The number of aromatic nitrogens is 1. The third-order valence-corrected chi connectivity index (χ3v) is 2.11. The van der Waals surface area contributed by atoms with E-state index in [1.807, 2.05) is 19.0 Å². The zero-order valence-electron chi connectivity index (χ0n) is 11.2. The van der Waals surface area contributed by atoms with Gasteiger partial charge in [-0.15, -0.1) is 12.4 Å². The van der Waals surface area contributed by atoms with E-state index in [1.165, 1.54) is 19.4 Å². The zero-order chi connectivity index (χ0) is 13.5. The molecule has 19 heavy (non-hydrogen) atoms. The molecule has 0 saturated heterocycles. The summed E-state index contributed by atoms with van der Waals surface area (Å²) in [5.74, 6) is 0.812. The van der Waals surface area contributed by atoms with E-state index in [2.05, 4.69) is 15.0 Å². The molecule has 0 aromatic carbocycles. The smallest absolute Gasteiger partial charge is 0.412 e. The predicted molar refractivity (Wildman–Crippen MR) is 76.0 cm³/mol. The van der Waals surface area contributed by atoms with E-state index in [-0.39, 0.29) is 12.4 Å². The van der Waals surface area contributed by atoms with E-state index in [4.69, 9.17) is 10.5 Å². The van der Waals surface area contributed by atoms with Crippen LogP contribution in [0.2, 0.25) is 0 Å². The number of carbonyl (C=O) groups excluding carboxylic acids is 1. The second-order valence-corrected chi connectivity index (χ2v) is 3.88. The van der Waals surface area contributed by atoms with Gasteiger partial charge in [0.2, 0.25) is 0 Å². The number of nitrogens with zero attached hydrogens (tertiary/aromatic N) is 2. The van der Waals surface area contributed by atoms with E-state index < -0.39 is 6.09 Å². The molecule has 0 spiro atoms. The Balaban J connectivity index is 0.00000324. The van der Waals surface area contributed by atoms with Crippen molar-refractivity contribution < 1.29 is 14.3 Å². The molecule has 0 aliphatic rings. The highest BCUT2D eigenvalue weighted by Crippen LogP contribution is 2.22. The fourth-order valence-electron chi connectivity index (χ4n) is 1.14. The molecule has 0 unspecified atom stereocenters. The summed E-state index contributed by atoms with van der Waals surface area (Å²) >= 11 is 0. The van der Waals surface area contributed by atoms with E-state index >= 15 is 0 Å². The number of carbonyl (C=O) groups is 1. The third kappa shape index (κ3) is 6.12. The summed E-state index contributed by atoms with van der Waals surface area (Å²) in [4.78, 5) is 17.0. The molecule has 0 aliphatic heterocycles. The molecular weight excluding hydrogens is 272 g/mol. The number of likely N-dealkylation sites (N-methyl/N-ethyl adjacent to an activating group) is 1. The van der Waals surface area contributed by atoms with Gasteiger partial charge in [0.25, 0.3) is 0 Å². The minimum absolute atomic E-state index is 0. The van der Waals surface area contributed by atoms with Gasteiger partial charge in [-0.2, -0.15) is 0 Å². The number of rotatable bonds is 5. The second-order valence-electron chi connectivity index (χ2n) is 3.88. The summed E-state index contributed by atoms with van der Waals surface area (Å²) < 4.78 is 9.91. The van der Waals surface area contributed by atoms with Crippen molar-refractivity contribution in [3.8, 4) is 5.75 Å². The number of pyridine rings is 1. The van der Waals surface area contributed by atoms with Crippen molar-refractivity contribution in [3.63, 3.8) is 0 Å². The summed E-state index contributed by atoms with van der Waals surface area (Å²) in [6, 6.07) is 1.52. The number of nitrogens with one attached hydrogen (secondary N) is 1. The molecule has 1 amide bonds. The van der Waals surface area contributed by atoms with Crippen molar-refractivity contribution in [2.45, 2.75) is 0 Å². The monoisotopic (exact) mass is 290 g/mol. The minimum atomic E-state index is -0.594. The van der Waals surface area contributed by atoms with Gasteiger partial charge < -0.3 is 20.1 Å². The number of methoxy groups -OCH3 is 1. The van der Waals surface area contributed by atoms with E-state index in [0.717, 1.165) is 6.54 Å².